The van der Waals surface area contributed by atoms with Crippen molar-refractivity contribution < 1.29 is 33.3 Å². The van der Waals surface area contributed by atoms with Crippen molar-refractivity contribution in [3.63, 3.8) is 0 Å². The van der Waals surface area contributed by atoms with Crippen molar-refractivity contribution in [3.05, 3.63) is 65.7 Å². The molecule has 0 radical (unpaired) electrons. The number of nitrogens with zero attached hydrogens (tertiary/aromatic N) is 1. The summed E-state index contributed by atoms with van der Waals surface area (Å²) in [6.07, 6.45) is -2.34. The van der Waals surface area contributed by atoms with Crippen molar-refractivity contribution in [2.75, 3.05) is 4.90 Å². The Kier molecular flexibility index (Phi) is 6.18. The highest BCUT2D eigenvalue weighted by molar-refractivity contribution is 6.16. The number of carbonyl (C=O) groups is 3. The van der Waals surface area contributed by atoms with Crippen molar-refractivity contribution >= 4 is 23.4 Å². The van der Waals surface area contributed by atoms with E-state index >= 15 is 0 Å². The summed E-state index contributed by atoms with van der Waals surface area (Å²) in [6.45, 7) is 5.39. The van der Waals surface area contributed by atoms with Gasteiger partial charge in [-0.05, 0) is 50.6 Å². The van der Waals surface area contributed by atoms with Gasteiger partial charge in [0.25, 0.3) is 0 Å². The van der Waals surface area contributed by atoms with E-state index in [0.717, 1.165) is 10.5 Å². The normalized spacial score (nSPS) is 29.7. The van der Waals surface area contributed by atoms with Crippen LogP contribution in [0.2, 0.25) is 0 Å². The molecule has 9 heteroatoms. The first-order valence-electron chi connectivity index (χ1n) is 11.6. The highest BCUT2D eigenvalue weighted by Gasteiger charge is 2.58. The first-order valence-corrected chi connectivity index (χ1v) is 11.6. The maximum atomic E-state index is 13.1. The number of fused-ring (bicyclic) bond motifs is 1. The van der Waals surface area contributed by atoms with Crippen LogP contribution < -0.4 is 10.2 Å². The molecule has 0 spiro atoms. The van der Waals surface area contributed by atoms with Crippen LogP contribution in [0.3, 0.4) is 0 Å². The number of rotatable bonds is 6. The third-order valence-electron chi connectivity index (χ3n) is 6.40. The van der Waals surface area contributed by atoms with Gasteiger partial charge in [-0.25, -0.2) is 9.69 Å². The Labute approximate surface area is 203 Å². The van der Waals surface area contributed by atoms with E-state index in [1.807, 2.05) is 30.3 Å². The second-order valence-corrected chi connectivity index (χ2v) is 9.42. The molecule has 5 atom stereocenters. The molecule has 184 valence electrons. The van der Waals surface area contributed by atoms with Crippen LogP contribution in [-0.4, -0.2) is 54.2 Å². The Morgan fingerprint density at radius 3 is 2.43 bits per heavy atom. The molecule has 3 amide bonds. The fourth-order valence-corrected chi connectivity index (χ4v) is 4.76. The first-order chi connectivity index (χ1) is 16.7. The van der Waals surface area contributed by atoms with Gasteiger partial charge < -0.3 is 24.3 Å². The van der Waals surface area contributed by atoms with Crippen LogP contribution >= 0.6 is 0 Å². The number of ether oxygens (including phenoxy) is 4. The molecule has 3 heterocycles. The number of ketones is 1. The molecular formula is C26H28N2O7. The summed E-state index contributed by atoms with van der Waals surface area (Å²) in [5, 5.41) is 2.90. The third kappa shape index (κ3) is 4.72. The minimum absolute atomic E-state index is 0.0128. The van der Waals surface area contributed by atoms with Crippen molar-refractivity contribution in [2.24, 2.45) is 0 Å². The van der Waals surface area contributed by atoms with Crippen molar-refractivity contribution in [3.8, 4) is 0 Å². The maximum absolute atomic E-state index is 13.1. The van der Waals surface area contributed by atoms with Gasteiger partial charge in [0.1, 0.15) is 18.3 Å². The summed E-state index contributed by atoms with van der Waals surface area (Å²) in [6, 6.07) is 14.9. The van der Waals surface area contributed by atoms with Crippen LogP contribution in [-0.2, 0) is 30.3 Å². The SMILES string of the molecule is CC(=O)c1ccc(N2C(=O)CC([C@H]3O[C@@H]4OC(C)(C)O[C@@H]4[C@H]3OCc3ccccc3)NC2=O)cc1. The zero-order valence-corrected chi connectivity index (χ0v) is 19.8. The second-order valence-electron chi connectivity index (χ2n) is 9.42. The van der Waals surface area contributed by atoms with Gasteiger partial charge in [0, 0.05) is 5.56 Å². The highest BCUT2D eigenvalue weighted by atomic mass is 16.8. The lowest BCUT2D eigenvalue weighted by Crippen LogP contribution is -2.60. The van der Waals surface area contributed by atoms with Gasteiger partial charge in [0.2, 0.25) is 5.91 Å². The van der Waals surface area contributed by atoms with E-state index in [-0.39, 0.29) is 18.1 Å². The molecular weight excluding hydrogens is 452 g/mol. The van der Waals surface area contributed by atoms with E-state index in [9.17, 15) is 14.4 Å². The molecule has 3 aliphatic heterocycles. The monoisotopic (exact) mass is 480 g/mol. The number of amides is 3. The van der Waals surface area contributed by atoms with Gasteiger partial charge in [-0.15, -0.1) is 0 Å². The van der Waals surface area contributed by atoms with Crippen molar-refractivity contribution in [1.29, 1.82) is 0 Å². The van der Waals surface area contributed by atoms with Gasteiger partial charge in [-0.1, -0.05) is 30.3 Å². The van der Waals surface area contributed by atoms with Gasteiger partial charge >= 0.3 is 6.03 Å². The van der Waals surface area contributed by atoms with Crippen LogP contribution in [0.1, 0.15) is 43.1 Å². The molecule has 0 aromatic heterocycles. The maximum Gasteiger partial charge on any atom is 0.329 e. The minimum atomic E-state index is -0.830. The first kappa shape index (κ1) is 23.6. The van der Waals surface area contributed by atoms with Gasteiger partial charge in [0.05, 0.1) is 24.8 Å². The number of imide groups is 1. The number of Topliss-reactive ketones (excluding diaryl/α,β-unsaturated/α-hetero) is 1. The number of hydrogen-bond donors (Lipinski definition) is 1. The minimum Gasteiger partial charge on any atom is -0.368 e. The summed E-state index contributed by atoms with van der Waals surface area (Å²) in [5.74, 6) is -1.30. The molecule has 0 bridgehead atoms. The van der Waals surface area contributed by atoms with Gasteiger partial charge in [-0.2, -0.15) is 0 Å². The zero-order valence-electron chi connectivity index (χ0n) is 19.8. The smallest absolute Gasteiger partial charge is 0.329 e. The predicted molar refractivity (Wildman–Crippen MR) is 125 cm³/mol. The molecule has 1 unspecified atom stereocenters. The molecule has 35 heavy (non-hydrogen) atoms. The molecule has 3 fully saturated rings. The predicted octanol–water partition coefficient (Wildman–Crippen LogP) is 3.17. The summed E-state index contributed by atoms with van der Waals surface area (Å²) in [7, 11) is 0. The van der Waals surface area contributed by atoms with E-state index < -0.39 is 42.5 Å². The molecule has 0 saturated carbocycles. The molecule has 2 aromatic carbocycles. The number of carbonyl (C=O) groups excluding carboxylic acids is 3. The van der Waals surface area contributed by atoms with Gasteiger partial charge in [0.15, 0.2) is 17.9 Å². The van der Waals surface area contributed by atoms with Crippen molar-refractivity contribution in [1.82, 2.24) is 5.32 Å². The number of benzene rings is 2. The van der Waals surface area contributed by atoms with Crippen LogP contribution in [0.5, 0.6) is 0 Å². The molecule has 3 saturated heterocycles. The fraction of sp³-hybridized carbons (Fsp3) is 0.423. The number of hydrogen-bond acceptors (Lipinski definition) is 7. The summed E-state index contributed by atoms with van der Waals surface area (Å²) >= 11 is 0. The number of urea groups is 1. The lowest BCUT2D eigenvalue weighted by atomic mass is 9.98. The molecule has 5 rings (SSSR count). The average Bonchev–Trinajstić information content (AvgIpc) is 3.30. The van der Waals surface area contributed by atoms with E-state index in [2.05, 4.69) is 5.32 Å². The Morgan fingerprint density at radius 1 is 1.06 bits per heavy atom. The largest absolute Gasteiger partial charge is 0.368 e. The second kappa shape index (κ2) is 9.16. The van der Waals surface area contributed by atoms with Crippen molar-refractivity contribution in [2.45, 2.75) is 70.2 Å². The van der Waals surface area contributed by atoms with Gasteiger partial charge in [-0.3, -0.25) is 9.59 Å². The quantitative estimate of drug-likeness (QED) is 0.634. The fourth-order valence-electron chi connectivity index (χ4n) is 4.76. The van der Waals surface area contributed by atoms with Crippen LogP contribution in [0.25, 0.3) is 0 Å². The molecule has 0 aliphatic carbocycles. The Bertz CT molecular complexity index is 1100. The lowest BCUT2D eigenvalue weighted by Gasteiger charge is -2.36. The number of nitrogens with one attached hydrogen (secondary N) is 1. The van der Waals surface area contributed by atoms with E-state index in [0.29, 0.717) is 17.9 Å². The highest BCUT2D eigenvalue weighted by Crippen LogP contribution is 2.41. The Hall–Kier alpha value is -3.11. The summed E-state index contributed by atoms with van der Waals surface area (Å²) in [5.41, 5.74) is 1.88. The summed E-state index contributed by atoms with van der Waals surface area (Å²) < 4.78 is 24.3. The lowest BCUT2D eigenvalue weighted by molar-refractivity contribution is -0.222. The standard InChI is InChI=1S/C26H28N2O7/c1-15(29)17-9-11-18(12-10-17)28-20(30)13-19(27-25(28)31)21-22(32-14-16-7-5-4-6-8-16)23-24(33-21)35-26(2,3)34-23/h4-12,19,21-24H,13-14H2,1-3H3,(H,27,31)/t19?,21-,22+,23-,24-/m1/s1. The Balaban J connectivity index is 1.33. The average molecular weight is 481 g/mol. The molecule has 1 N–H and O–H groups in total. The zero-order chi connectivity index (χ0) is 24.7. The van der Waals surface area contributed by atoms with E-state index in [1.165, 1.54) is 6.92 Å². The molecule has 2 aromatic rings. The topological polar surface area (TPSA) is 103 Å². The summed E-state index contributed by atoms with van der Waals surface area (Å²) in [4.78, 5) is 38.7. The van der Waals surface area contributed by atoms with E-state index in [1.54, 1.807) is 38.1 Å². The number of anilines is 1. The van der Waals surface area contributed by atoms with Crippen LogP contribution in [0.4, 0.5) is 10.5 Å². The third-order valence-corrected chi connectivity index (χ3v) is 6.40. The van der Waals surface area contributed by atoms with Crippen LogP contribution in [0, 0.1) is 0 Å². The van der Waals surface area contributed by atoms with Crippen LogP contribution in [0.15, 0.2) is 54.6 Å². The molecule has 9 nitrogen and oxygen atoms in total. The van der Waals surface area contributed by atoms with E-state index in [4.69, 9.17) is 18.9 Å². The molecule has 3 aliphatic rings. The Morgan fingerprint density at radius 2 is 1.77 bits per heavy atom.